The first-order chi connectivity index (χ1) is 7.18. The fraction of sp³-hybridized carbons (Fsp3) is 0.100. The zero-order chi connectivity index (χ0) is 10.8. The fourth-order valence-electron chi connectivity index (χ4n) is 1.23. The molecule has 0 aromatic carbocycles. The summed E-state index contributed by atoms with van der Waals surface area (Å²) in [6.45, 7) is 0. The molecule has 2 rings (SSSR count). The first-order valence-corrected chi connectivity index (χ1v) is 5.45. The number of aliphatic hydroxyl groups is 1. The molecule has 0 amide bonds. The summed E-state index contributed by atoms with van der Waals surface area (Å²) in [5, 5.41) is 12.2. The van der Waals surface area contributed by atoms with Gasteiger partial charge in [-0.1, -0.05) is 11.6 Å². The predicted molar refractivity (Wildman–Crippen MR) is 57.6 cm³/mol. The van der Waals surface area contributed by atoms with E-state index in [1.165, 1.54) is 23.6 Å². The molecular formula is C10H7ClFNOS. The molecule has 1 N–H and O–H groups in total. The second-order valence-electron chi connectivity index (χ2n) is 2.97. The SMILES string of the molecule is OC(c1cncc(F)c1)c1sccc1Cl. The Bertz CT molecular complexity index is 474. The number of halogens is 2. The number of hydrogen-bond acceptors (Lipinski definition) is 3. The molecule has 2 nitrogen and oxygen atoms in total. The van der Waals surface area contributed by atoms with Crippen LogP contribution in [0.25, 0.3) is 0 Å². The quantitative estimate of drug-likeness (QED) is 0.880. The lowest BCUT2D eigenvalue weighted by atomic mass is 10.1. The monoisotopic (exact) mass is 243 g/mol. The number of aliphatic hydroxyl groups excluding tert-OH is 1. The van der Waals surface area contributed by atoms with Crippen molar-refractivity contribution in [1.29, 1.82) is 0 Å². The Morgan fingerprint density at radius 1 is 1.47 bits per heavy atom. The summed E-state index contributed by atoms with van der Waals surface area (Å²) in [5.74, 6) is -0.473. The van der Waals surface area contributed by atoms with Crippen molar-refractivity contribution >= 4 is 22.9 Å². The van der Waals surface area contributed by atoms with Gasteiger partial charge in [0, 0.05) is 11.8 Å². The Kier molecular flexibility index (Phi) is 3.00. The number of hydrogen-bond donors (Lipinski definition) is 1. The molecule has 1 atom stereocenters. The molecular weight excluding hydrogens is 237 g/mol. The largest absolute Gasteiger partial charge is 0.383 e. The lowest BCUT2D eigenvalue weighted by Gasteiger charge is -2.08. The average molecular weight is 244 g/mol. The minimum atomic E-state index is -0.916. The summed E-state index contributed by atoms with van der Waals surface area (Å²) >= 11 is 7.19. The van der Waals surface area contributed by atoms with Gasteiger partial charge in [-0.3, -0.25) is 4.98 Å². The molecule has 0 aliphatic heterocycles. The Morgan fingerprint density at radius 2 is 2.27 bits per heavy atom. The molecule has 0 bridgehead atoms. The normalized spacial score (nSPS) is 12.7. The zero-order valence-electron chi connectivity index (χ0n) is 7.52. The lowest BCUT2D eigenvalue weighted by molar-refractivity contribution is 0.223. The zero-order valence-corrected chi connectivity index (χ0v) is 9.10. The lowest BCUT2D eigenvalue weighted by Crippen LogP contribution is -1.99. The smallest absolute Gasteiger partial charge is 0.141 e. The predicted octanol–water partition coefficient (Wildman–Crippen LogP) is 3.02. The van der Waals surface area contributed by atoms with Crippen molar-refractivity contribution in [1.82, 2.24) is 4.98 Å². The van der Waals surface area contributed by atoms with E-state index in [-0.39, 0.29) is 0 Å². The Morgan fingerprint density at radius 3 is 2.87 bits per heavy atom. The molecule has 0 aliphatic rings. The van der Waals surface area contributed by atoms with E-state index >= 15 is 0 Å². The van der Waals surface area contributed by atoms with Gasteiger partial charge in [-0.25, -0.2) is 4.39 Å². The van der Waals surface area contributed by atoms with Gasteiger partial charge in [0.05, 0.1) is 16.1 Å². The number of aromatic nitrogens is 1. The summed E-state index contributed by atoms with van der Waals surface area (Å²) < 4.78 is 12.9. The second-order valence-corrected chi connectivity index (χ2v) is 4.33. The van der Waals surface area contributed by atoms with Crippen molar-refractivity contribution in [2.75, 3.05) is 0 Å². The minimum absolute atomic E-state index is 0.402. The van der Waals surface area contributed by atoms with Crippen LogP contribution in [0, 0.1) is 5.82 Å². The maximum Gasteiger partial charge on any atom is 0.141 e. The van der Waals surface area contributed by atoms with Crippen LogP contribution in [0.4, 0.5) is 4.39 Å². The van der Waals surface area contributed by atoms with E-state index in [0.29, 0.717) is 15.5 Å². The van der Waals surface area contributed by atoms with Gasteiger partial charge in [0.25, 0.3) is 0 Å². The molecule has 0 radical (unpaired) electrons. The third-order valence-corrected chi connectivity index (χ3v) is 3.35. The third kappa shape index (κ3) is 2.17. The van der Waals surface area contributed by atoms with Crippen molar-refractivity contribution in [3.05, 3.63) is 51.2 Å². The molecule has 5 heteroatoms. The van der Waals surface area contributed by atoms with Gasteiger partial charge in [-0.2, -0.15) is 0 Å². The number of pyridine rings is 1. The third-order valence-electron chi connectivity index (χ3n) is 1.93. The topological polar surface area (TPSA) is 33.1 Å². The highest BCUT2D eigenvalue weighted by Crippen LogP contribution is 2.32. The van der Waals surface area contributed by atoms with Crippen molar-refractivity contribution in [2.24, 2.45) is 0 Å². The molecule has 0 saturated heterocycles. The van der Waals surface area contributed by atoms with E-state index in [1.807, 2.05) is 0 Å². The number of rotatable bonds is 2. The van der Waals surface area contributed by atoms with Gasteiger partial charge in [-0.15, -0.1) is 11.3 Å². The van der Waals surface area contributed by atoms with E-state index in [4.69, 9.17) is 11.6 Å². The van der Waals surface area contributed by atoms with Gasteiger partial charge in [0.15, 0.2) is 0 Å². The van der Waals surface area contributed by atoms with Crippen LogP contribution in [0.15, 0.2) is 29.9 Å². The van der Waals surface area contributed by atoms with Crippen LogP contribution in [0.3, 0.4) is 0 Å². The van der Waals surface area contributed by atoms with Crippen LogP contribution in [0.2, 0.25) is 5.02 Å². The second kappa shape index (κ2) is 4.26. The Balaban J connectivity index is 2.36. The summed E-state index contributed by atoms with van der Waals surface area (Å²) in [4.78, 5) is 4.27. The first-order valence-electron chi connectivity index (χ1n) is 4.20. The summed E-state index contributed by atoms with van der Waals surface area (Å²) in [5.41, 5.74) is 0.402. The van der Waals surface area contributed by atoms with Gasteiger partial charge < -0.3 is 5.11 Å². The van der Waals surface area contributed by atoms with E-state index in [0.717, 1.165) is 6.20 Å². The highest BCUT2D eigenvalue weighted by Gasteiger charge is 2.15. The van der Waals surface area contributed by atoms with E-state index in [2.05, 4.69) is 4.98 Å². The molecule has 0 aliphatic carbocycles. The molecule has 2 heterocycles. The van der Waals surface area contributed by atoms with Crippen LogP contribution >= 0.6 is 22.9 Å². The molecule has 0 saturated carbocycles. The van der Waals surface area contributed by atoms with Gasteiger partial charge in [0.2, 0.25) is 0 Å². The molecule has 0 spiro atoms. The molecule has 15 heavy (non-hydrogen) atoms. The molecule has 0 fully saturated rings. The van der Waals surface area contributed by atoms with Crippen LogP contribution < -0.4 is 0 Å². The number of thiophene rings is 1. The number of nitrogens with zero attached hydrogens (tertiary/aromatic N) is 1. The van der Waals surface area contributed by atoms with Crippen LogP contribution in [0.1, 0.15) is 16.5 Å². The Hall–Kier alpha value is -0.970. The summed E-state index contributed by atoms with van der Waals surface area (Å²) in [7, 11) is 0. The van der Waals surface area contributed by atoms with Crippen LogP contribution in [-0.2, 0) is 0 Å². The molecule has 2 aromatic rings. The van der Waals surface area contributed by atoms with Crippen molar-refractivity contribution in [3.63, 3.8) is 0 Å². The molecule has 2 aromatic heterocycles. The maximum atomic E-state index is 12.9. The van der Waals surface area contributed by atoms with Gasteiger partial charge >= 0.3 is 0 Å². The first kappa shape index (κ1) is 10.5. The summed E-state index contributed by atoms with van der Waals surface area (Å²) in [6.07, 6.45) is 1.59. The Labute approximate surface area is 95.0 Å². The molecule has 1 unspecified atom stereocenters. The van der Waals surface area contributed by atoms with Gasteiger partial charge in [0.1, 0.15) is 11.9 Å². The highest BCUT2D eigenvalue weighted by atomic mass is 35.5. The highest BCUT2D eigenvalue weighted by molar-refractivity contribution is 7.10. The van der Waals surface area contributed by atoms with Gasteiger partial charge in [-0.05, 0) is 17.5 Å². The fourth-order valence-corrected chi connectivity index (χ4v) is 2.40. The minimum Gasteiger partial charge on any atom is -0.383 e. The van der Waals surface area contributed by atoms with E-state index in [1.54, 1.807) is 11.4 Å². The van der Waals surface area contributed by atoms with E-state index < -0.39 is 11.9 Å². The summed E-state index contributed by atoms with van der Waals surface area (Å²) in [6, 6.07) is 2.94. The van der Waals surface area contributed by atoms with E-state index in [9.17, 15) is 9.50 Å². The van der Waals surface area contributed by atoms with Crippen LogP contribution in [0.5, 0.6) is 0 Å². The molecule has 78 valence electrons. The van der Waals surface area contributed by atoms with Crippen LogP contribution in [-0.4, -0.2) is 10.1 Å². The average Bonchev–Trinajstić information content (AvgIpc) is 2.63. The maximum absolute atomic E-state index is 12.9. The van der Waals surface area contributed by atoms with Crippen molar-refractivity contribution in [3.8, 4) is 0 Å². The van der Waals surface area contributed by atoms with Crippen molar-refractivity contribution < 1.29 is 9.50 Å². The standard InChI is InChI=1S/C10H7ClFNOS/c11-8-1-2-15-10(8)9(14)6-3-7(12)5-13-4-6/h1-5,9,14H. The van der Waals surface area contributed by atoms with Crippen molar-refractivity contribution in [2.45, 2.75) is 6.10 Å².